The first-order valence-electron chi connectivity index (χ1n) is 6.36. The monoisotopic (exact) mass is 315 g/mol. The third kappa shape index (κ3) is 3.60. The van der Waals surface area contributed by atoms with Gasteiger partial charge in [0.25, 0.3) is 5.91 Å². The van der Waals surface area contributed by atoms with Crippen LogP contribution in [-0.4, -0.2) is 60.1 Å². The summed E-state index contributed by atoms with van der Waals surface area (Å²) in [5.41, 5.74) is 0.209. The number of ether oxygens (including phenoxy) is 1. The molecule has 2 heterocycles. The van der Waals surface area contributed by atoms with Crippen molar-refractivity contribution in [3.8, 4) is 0 Å². The number of nitrogens with zero attached hydrogens (tertiary/aromatic N) is 3. The van der Waals surface area contributed by atoms with Crippen molar-refractivity contribution in [3.05, 3.63) is 28.8 Å². The van der Waals surface area contributed by atoms with Crippen LogP contribution in [0.5, 0.6) is 0 Å². The molecule has 6 nitrogen and oxygen atoms in total. The predicted molar refractivity (Wildman–Crippen MR) is 73.7 cm³/mol. The van der Waals surface area contributed by atoms with Gasteiger partial charge in [-0.05, 0) is 6.07 Å². The zero-order valence-corrected chi connectivity index (χ0v) is 12.4. The van der Waals surface area contributed by atoms with Crippen molar-refractivity contribution in [2.24, 2.45) is 0 Å². The minimum atomic E-state index is -0.813. The highest BCUT2D eigenvalue weighted by atomic mass is 35.5. The van der Waals surface area contributed by atoms with Gasteiger partial charge in [0.05, 0.1) is 17.1 Å². The molecule has 2 amide bonds. The van der Waals surface area contributed by atoms with Gasteiger partial charge in [-0.2, -0.15) is 4.39 Å². The Hall–Kier alpha value is -1.89. The molecular weight excluding hydrogens is 301 g/mol. The Kier molecular flexibility index (Phi) is 4.62. The van der Waals surface area contributed by atoms with E-state index >= 15 is 0 Å². The number of pyridine rings is 1. The Morgan fingerprint density at radius 3 is 2.86 bits per heavy atom. The largest absolute Gasteiger partial charge is 0.444 e. The summed E-state index contributed by atoms with van der Waals surface area (Å²) >= 11 is 5.61. The number of likely N-dealkylation sites (tertiary alicyclic amines) is 1. The Bertz CT molecular complexity index is 568. The molecule has 1 aromatic heterocycles. The quantitative estimate of drug-likeness (QED) is 0.781. The molecule has 114 valence electrons. The summed E-state index contributed by atoms with van der Waals surface area (Å²) in [7, 11) is 3.18. The normalized spacial score (nSPS) is 17.7. The molecular formula is C13H15ClFN3O3. The molecule has 8 heteroatoms. The molecule has 1 unspecified atom stereocenters. The van der Waals surface area contributed by atoms with E-state index in [1.165, 1.54) is 15.9 Å². The topological polar surface area (TPSA) is 62.7 Å². The first-order chi connectivity index (χ1) is 9.88. The SMILES string of the molecule is CN(C)C(=O)OC1CCN(C(=O)c2cnc(F)c(Cl)c2)C1. The van der Waals surface area contributed by atoms with Crippen molar-refractivity contribution < 1.29 is 18.7 Å². The maximum Gasteiger partial charge on any atom is 0.409 e. The van der Waals surface area contributed by atoms with Gasteiger partial charge in [-0.15, -0.1) is 0 Å². The Morgan fingerprint density at radius 1 is 1.52 bits per heavy atom. The molecule has 0 radical (unpaired) electrons. The first kappa shape index (κ1) is 15.5. The summed E-state index contributed by atoms with van der Waals surface area (Å²) in [5, 5.41) is -0.198. The average molecular weight is 316 g/mol. The molecule has 1 aliphatic rings. The fourth-order valence-corrected chi connectivity index (χ4v) is 2.14. The van der Waals surface area contributed by atoms with Crippen LogP contribution in [0.4, 0.5) is 9.18 Å². The third-order valence-corrected chi connectivity index (χ3v) is 3.37. The van der Waals surface area contributed by atoms with Crippen molar-refractivity contribution in [1.82, 2.24) is 14.8 Å². The van der Waals surface area contributed by atoms with Crippen LogP contribution >= 0.6 is 11.6 Å². The zero-order chi connectivity index (χ0) is 15.6. The lowest BCUT2D eigenvalue weighted by atomic mass is 10.2. The second-order valence-corrected chi connectivity index (χ2v) is 5.34. The first-order valence-corrected chi connectivity index (χ1v) is 6.74. The van der Waals surface area contributed by atoms with E-state index in [2.05, 4.69) is 4.98 Å². The third-order valence-electron chi connectivity index (χ3n) is 3.11. The second-order valence-electron chi connectivity index (χ2n) is 4.94. The van der Waals surface area contributed by atoms with Gasteiger partial charge in [0.1, 0.15) is 6.10 Å². The van der Waals surface area contributed by atoms with Crippen molar-refractivity contribution in [3.63, 3.8) is 0 Å². The lowest BCUT2D eigenvalue weighted by Crippen LogP contribution is -2.33. The van der Waals surface area contributed by atoms with E-state index in [1.807, 2.05) is 0 Å². The van der Waals surface area contributed by atoms with E-state index < -0.39 is 12.0 Å². The number of amides is 2. The van der Waals surface area contributed by atoms with E-state index in [-0.39, 0.29) is 22.6 Å². The Labute approximate surface area is 126 Å². The molecule has 1 aliphatic heterocycles. The molecule has 0 bridgehead atoms. The molecule has 21 heavy (non-hydrogen) atoms. The number of aromatic nitrogens is 1. The maximum absolute atomic E-state index is 13.0. The number of hydrogen-bond acceptors (Lipinski definition) is 4. The van der Waals surface area contributed by atoms with Crippen molar-refractivity contribution in [1.29, 1.82) is 0 Å². The van der Waals surface area contributed by atoms with Crippen molar-refractivity contribution >= 4 is 23.6 Å². The van der Waals surface area contributed by atoms with Crippen LogP contribution in [0.25, 0.3) is 0 Å². The van der Waals surface area contributed by atoms with Crippen LogP contribution < -0.4 is 0 Å². The molecule has 1 saturated heterocycles. The van der Waals surface area contributed by atoms with Crippen LogP contribution in [0, 0.1) is 5.95 Å². The zero-order valence-electron chi connectivity index (χ0n) is 11.7. The minimum absolute atomic E-state index is 0.198. The number of carbonyl (C=O) groups is 2. The molecule has 0 aromatic carbocycles. The highest BCUT2D eigenvalue weighted by molar-refractivity contribution is 6.30. The van der Waals surface area contributed by atoms with Gasteiger partial charge in [0.15, 0.2) is 0 Å². The van der Waals surface area contributed by atoms with Gasteiger partial charge >= 0.3 is 6.09 Å². The summed E-state index contributed by atoms with van der Waals surface area (Å²) < 4.78 is 18.2. The molecule has 0 N–H and O–H groups in total. The lowest BCUT2D eigenvalue weighted by Gasteiger charge is -2.18. The van der Waals surface area contributed by atoms with Crippen LogP contribution in [0.3, 0.4) is 0 Å². The summed E-state index contributed by atoms with van der Waals surface area (Å²) in [6.07, 6.45) is 0.921. The lowest BCUT2D eigenvalue weighted by molar-refractivity contribution is 0.0665. The fourth-order valence-electron chi connectivity index (χ4n) is 1.98. The van der Waals surface area contributed by atoms with Crippen molar-refractivity contribution in [2.45, 2.75) is 12.5 Å². The average Bonchev–Trinajstić information content (AvgIpc) is 2.89. The Balaban J connectivity index is 1.99. The smallest absolute Gasteiger partial charge is 0.409 e. The maximum atomic E-state index is 13.0. The predicted octanol–water partition coefficient (Wildman–Crippen LogP) is 1.79. The summed E-state index contributed by atoms with van der Waals surface area (Å²) in [5.74, 6) is -1.12. The molecule has 1 atom stereocenters. The van der Waals surface area contributed by atoms with Gasteiger partial charge in [-0.1, -0.05) is 11.6 Å². The van der Waals surface area contributed by atoms with Gasteiger partial charge < -0.3 is 14.5 Å². The van der Waals surface area contributed by atoms with E-state index in [4.69, 9.17) is 16.3 Å². The van der Waals surface area contributed by atoms with Crippen molar-refractivity contribution in [2.75, 3.05) is 27.2 Å². The fraction of sp³-hybridized carbons (Fsp3) is 0.462. The van der Waals surface area contributed by atoms with Gasteiger partial charge in [-0.3, -0.25) is 4.79 Å². The molecule has 0 saturated carbocycles. The highest BCUT2D eigenvalue weighted by Crippen LogP contribution is 2.19. The van der Waals surface area contributed by atoms with E-state index in [0.717, 1.165) is 6.20 Å². The van der Waals surface area contributed by atoms with Crippen LogP contribution in [0.1, 0.15) is 16.8 Å². The van der Waals surface area contributed by atoms with Gasteiger partial charge in [0.2, 0.25) is 5.95 Å². The number of halogens is 2. The summed E-state index contributed by atoms with van der Waals surface area (Å²) in [6, 6.07) is 1.24. The number of hydrogen-bond donors (Lipinski definition) is 0. The van der Waals surface area contributed by atoms with Gasteiger partial charge in [-0.25, -0.2) is 9.78 Å². The second kappa shape index (κ2) is 6.26. The molecule has 0 spiro atoms. The molecule has 0 aliphatic carbocycles. The minimum Gasteiger partial charge on any atom is -0.444 e. The van der Waals surface area contributed by atoms with Crippen LogP contribution in [-0.2, 0) is 4.74 Å². The van der Waals surface area contributed by atoms with Crippen LogP contribution in [0.2, 0.25) is 5.02 Å². The number of rotatable bonds is 2. The van der Waals surface area contributed by atoms with Gasteiger partial charge in [0, 0.05) is 33.3 Å². The molecule has 1 aromatic rings. The standard InChI is InChI=1S/C13H15ClFN3O3/c1-17(2)13(20)21-9-3-4-18(7-9)12(19)8-5-10(14)11(15)16-6-8/h5-6,9H,3-4,7H2,1-2H3. The van der Waals surface area contributed by atoms with E-state index in [1.54, 1.807) is 14.1 Å². The molecule has 1 fully saturated rings. The van der Waals surface area contributed by atoms with E-state index in [9.17, 15) is 14.0 Å². The van der Waals surface area contributed by atoms with Crippen LogP contribution in [0.15, 0.2) is 12.3 Å². The molecule has 2 rings (SSSR count). The van der Waals surface area contributed by atoms with E-state index in [0.29, 0.717) is 19.5 Å². The highest BCUT2D eigenvalue weighted by Gasteiger charge is 2.30. The number of carbonyl (C=O) groups excluding carboxylic acids is 2. The Morgan fingerprint density at radius 2 is 2.24 bits per heavy atom. The summed E-state index contributed by atoms with van der Waals surface area (Å²) in [6.45, 7) is 0.757. The summed E-state index contributed by atoms with van der Waals surface area (Å²) in [4.78, 5) is 30.0.